The van der Waals surface area contributed by atoms with Gasteiger partial charge in [0.05, 0.1) is 11.6 Å². The van der Waals surface area contributed by atoms with Crippen molar-refractivity contribution in [1.29, 1.82) is 0 Å². The number of halogens is 2. The molecule has 2 aromatic carbocycles. The molecule has 1 amide bonds. The van der Waals surface area contributed by atoms with Gasteiger partial charge in [0, 0.05) is 8.04 Å². The highest BCUT2D eigenvalue weighted by Gasteiger charge is 2.20. The van der Waals surface area contributed by atoms with E-state index in [-0.39, 0.29) is 11.9 Å². The van der Waals surface area contributed by atoms with E-state index in [9.17, 15) is 4.79 Å². The largest absolute Gasteiger partial charge is 0.345 e. The van der Waals surface area contributed by atoms with Crippen molar-refractivity contribution in [3.8, 4) is 0 Å². The number of carbonyl (C=O) groups excluding carboxylic acids is 1. The predicted molar refractivity (Wildman–Crippen MR) is 98.3 cm³/mol. The molecule has 0 heterocycles. The summed E-state index contributed by atoms with van der Waals surface area (Å²) in [4.78, 5) is 12.6. The molecule has 1 N–H and O–H groups in total. The van der Waals surface area contributed by atoms with Gasteiger partial charge in [-0.25, -0.2) is 0 Å². The van der Waals surface area contributed by atoms with Crippen molar-refractivity contribution in [2.24, 2.45) is 5.92 Å². The van der Waals surface area contributed by atoms with Gasteiger partial charge >= 0.3 is 0 Å². The maximum absolute atomic E-state index is 12.6. The van der Waals surface area contributed by atoms with Crippen molar-refractivity contribution in [1.82, 2.24) is 5.32 Å². The van der Waals surface area contributed by atoms with Crippen LogP contribution in [0.5, 0.6) is 0 Å². The van der Waals surface area contributed by atoms with Gasteiger partial charge < -0.3 is 5.32 Å². The quantitative estimate of drug-likeness (QED) is 0.629. The minimum absolute atomic E-state index is 0.00785. The highest BCUT2D eigenvalue weighted by molar-refractivity contribution is 14.1. The molecule has 0 aromatic heterocycles. The first-order chi connectivity index (χ1) is 9.99. The van der Waals surface area contributed by atoms with Crippen LogP contribution in [0, 0.1) is 9.49 Å². The Morgan fingerprint density at radius 1 is 1.14 bits per heavy atom. The first kappa shape index (κ1) is 16.5. The summed E-state index contributed by atoms with van der Waals surface area (Å²) >= 11 is 5.61. The molecule has 1 unspecified atom stereocenters. The first-order valence-corrected chi connectivity index (χ1v) is 8.67. The van der Waals surface area contributed by atoms with Crippen molar-refractivity contribution in [3.63, 3.8) is 0 Å². The zero-order valence-corrected chi connectivity index (χ0v) is 15.7. The highest BCUT2D eigenvalue weighted by Crippen LogP contribution is 2.24. The molecule has 0 saturated heterocycles. The summed E-state index contributed by atoms with van der Waals surface area (Å²) in [7, 11) is 0. The van der Waals surface area contributed by atoms with Crippen molar-refractivity contribution >= 4 is 44.4 Å². The van der Waals surface area contributed by atoms with E-state index in [1.165, 1.54) is 0 Å². The van der Waals surface area contributed by atoms with Gasteiger partial charge in [0.15, 0.2) is 0 Å². The van der Waals surface area contributed by atoms with Crippen molar-refractivity contribution < 1.29 is 4.79 Å². The van der Waals surface area contributed by atoms with E-state index in [0.29, 0.717) is 11.5 Å². The summed E-state index contributed by atoms with van der Waals surface area (Å²) in [6.07, 6.45) is 0. The summed E-state index contributed by atoms with van der Waals surface area (Å²) in [6.45, 7) is 4.23. The van der Waals surface area contributed by atoms with Crippen LogP contribution in [-0.2, 0) is 0 Å². The van der Waals surface area contributed by atoms with Gasteiger partial charge in [0.1, 0.15) is 0 Å². The van der Waals surface area contributed by atoms with Crippen LogP contribution in [-0.4, -0.2) is 5.91 Å². The lowest BCUT2D eigenvalue weighted by atomic mass is 9.95. The zero-order valence-electron chi connectivity index (χ0n) is 11.9. The SMILES string of the molecule is CC(C)C(NC(=O)c1cc(Br)ccc1I)c1ccccc1. The molecule has 21 heavy (non-hydrogen) atoms. The average Bonchev–Trinajstić information content (AvgIpc) is 2.47. The molecular formula is C17H17BrINO. The molecule has 0 aliphatic heterocycles. The number of hydrogen-bond acceptors (Lipinski definition) is 1. The molecule has 0 aliphatic carbocycles. The minimum atomic E-state index is -0.0387. The van der Waals surface area contributed by atoms with E-state index in [1.807, 2.05) is 36.4 Å². The number of benzene rings is 2. The molecule has 0 spiro atoms. The second-order valence-electron chi connectivity index (χ2n) is 5.23. The molecular weight excluding hydrogens is 441 g/mol. The molecule has 1 atom stereocenters. The maximum Gasteiger partial charge on any atom is 0.252 e. The fourth-order valence-electron chi connectivity index (χ4n) is 2.19. The van der Waals surface area contributed by atoms with Crippen LogP contribution in [0.4, 0.5) is 0 Å². The lowest BCUT2D eigenvalue weighted by Gasteiger charge is -2.23. The fraction of sp³-hybridized carbons (Fsp3) is 0.235. The van der Waals surface area contributed by atoms with Gasteiger partial charge in [-0.15, -0.1) is 0 Å². The van der Waals surface area contributed by atoms with Gasteiger partial charge in [0.2, 0.25) is 0 Å². The third-order valence-corrected chi connectivity index (χ3v) is 4.72. The Hall–Kier alpha value is -0.880. The van der Waals surface area contributed by atoms with Gasteiger partial charge in [-0.05, 0) is 52.3 Å². The molecule has 0 fully saturated rings. The normalized spacial score (nSPS) is 12.2. The summed E-state index contributed by atoms with van der Waals surface area (Å²) < 4.78 is 1.86. The Morgan fingerprint density at radius 3 is 2.43 bits per heavy atom. The van der Waals surface area contributed by atoms with Crippen molar-refractivity contribution in [2.75, 3.05) is 0 Å². The Labute approximate surface area is 147 Å². The summed E-state index contributed by atoms with van der Waals surface area (Å²) in [5.41, 5.74) is 1.83. The monoisotopic (exact) mass is 457 g/mol. The van der Waals surface area contributed by atoms with Gasteiger partial charge in [-0.3, -0.25) is 4.79 Å². The van der Waals surface area contributed by atoms with Gasteiger partial charge in [0.25, 0.3) is 5.91 Å². The minimum Gasteiger partial charge on any atom is -0.345 e. The first-order valence-electron chi connectivity index (χ1n) is 6.80. The molecule has 2 aromatic rings. The highest BCUT2D eigenvalue weighted by atomic mass is 127. The van der Waals surface area contributed by atoms with E-state index in [1.54, 1.807) is 0 Å². The van der Waals surface area contributed by atoms with E-state index in [0.717, 1.165) is 13.6 Å². The molecule has 4 heteroatoms. The molecule has 0 bridgehead atoms. The van der Waals surface area contributed by atoms with Crippen LogP contribution in [0.25, 0.3) is 0 Å². The Kier molecular flexibility index (Phi) is 5.81. The van der Waals surface area contributed by atoms with E-state index in [4.69, 9.17) is 0 Å². The third-order valence-electron chi connectivity index (χ3n) is 3.28. The third kappa shape index (κ3) is 4.30. The van der Waals surface area contributed by atoms with E-state index < -0.39 is 0 Å². The van der Waals surface area contributed by atoms with Gasteiger partial charge in [-0.2, -0.15) is 0 Å². The van der Waals surface area contributed by atoms with Crippen molar-refractivity contribution in [2.45, 2.75) is 19.9 Å². The van der Waals surface area contributed by atoms with Crippen LogP contribution >= 0.6 is 38.5 Å². The number of amides is 1. The topological polar surface area (TPSA) is 29.1 Å². The number of nitrogens with one attached hydrogen (secondary N) is 1. The summed E-state index contributed by atoms with van der Waals surface area (Å²) in [5.74, 6) is 0.282. The lowest BCUT2D eigenvalue weighted by molar-refractivity contribution is 0.0924. The summed E-state index contributed by atoms with van der Waals surface area (Å²) in [5, 5.41) is 3.15. The molecule has 110 valence electrons. The molecule has 0 saturated carbocycles. The molecule has 0 radical (unpaired) electrons. The predicted octanol–water partition coefficient (Wildman–Crippen LogP) is 5.18. The van der Waals surface area contributed by atoms with Crippen molar-refractivity contribution in [3.05, 3.63) is 67.7 Å². The zero-order chi connectivity index (χ0) is 15.4. The molecule has 2 rings (SSSR count). The van der Waals surface area contributed by atoms with E-state index >= 15 is 0 Å². The number of carbonyl (C=O) groups is 1. The van der Waals surface area contributed by atoms with Crippen LogP contribution in [0.15, 0.2) is 53.0 Å². The van der Waals surface area contributed by atoms with Crippen LogP contribution in [0.3, 0.4) is 0 Å². The van der Waals surface area contributed by atoms with Crippen LogP contribution in [0.2, 0.25) is 0 Å². The molecule has 2 nitrogen and oxygen atoms in total. The number of rotatable bonds is 4. The average molecular weight is 458 g/mol. The maximum atomic E-state index is 12.6. The second kappa shape index (κ2) is 7.40. The standard InChI is InChI=1S/C17H17BrINO/c1-11(2)16(12-6-4-3-5-7-12)20-17(21)14-10-13(18)8-9-15(14)19/h3-11,16H,1-2H3,(H,20,21). The van der Waals surface area contributed by atoms with Crippen LogP contribution in [0.1, 0.15) is 35.8 Å². The fourth-order valence-corrected chi connectivity index (χ4v) is 3.13. The smallest absolute Gasteiger partial charge is 0.252 e. The Balaban J connectivity index is 2.25. The second-order valence-corrected chi connectivity index (χ2v) is 7.31. The number of hydrogen-bond donors (Lipinski definition) is 1. The molecule has 0 aliphatic rings. The Morgan fingerprint density at radius 2 is 1.81 bits per heavy atom. The Bertz CT molecular complexity index is 628. The summed E-state index contributed by atoms with van der Waals surface area (Å²) in [6, 6.07) is 15.8. The lowest BCUT2D eigenvalue weighted by Crippen LogP contribution is -2.32. The van der Waals surface area contributed by atoms with Crippen LogP contribution < -0.4 is 5.32 Å². The van der Waals surface area contributed by atoms with Gasteiger partial charge in [-0.1, -0.05) is 60.1 Å². The van der Waals surface area contributed by atoms with E-state index in [2.05, 4.69) is 69.8 Å².